The number of furan rings is 1. The fraction of sp³-hybridized carbons (Fsp3) is 0.389. The van der Waals surface area contributed by atoms with Gasteiger partial charge in [0.2, 0.25) is 0 Å². The maximum absolute atomic E-state index is 10.0. The van der Waals surface area contributed by atoms with E-state index >= 15 is 0 Å². The predicted molar refractivity (Wildman–Crippen MR) is 99.2 cm³/mol. The molecule has 0 aliphatic carbocycles. The molecule has 1 aromatic heterocycles. The maximum atomic E-state index is 10.0. The first-order chi connectivity index (χ1) is 12.1. The first kappa shape index (κ1) is 19.1. The quantitative estimate of drug-likeness (QED) is 0.495. The number of rotatable bonds is 8. The number of nitrogens with one attached hydrogen (secondary N) is 2. The monoisotopic (exact) mass is 365 g/mol. The van der Waals surface area contributed by atoms with E-state index in [0.29, 0.717) is 23.3 Å². The van der Waals surface area contributed by atoms with Crippen molar-refractivity contribution in [3.05, 3.63) is 53.4 Å². The molecule has 25 heavy (non-hydrogen) atoms. The van der Waals surface area contributed by atoms with E-state index in [-0.39, 0.29) is 12.6 Å². The lowest BCUT2D eigenvalue weighted by Crippen LogP contribution is -2.42. The highest BCUT2D eigenvalue weighted by atomic mass is 35.5. The highest BCUT2D eigenvalue weighted by Crippen LogP contribution is 2.16. The van der Waals surface area contributed by atoms with Crippen LogP contribution in [0.15, 0.2) is 52.1 Å². The van der Waals surface area contributed by atoms with Gasteiger partial charge in [-0.25, -0.2) is 0 Å². The highest BCUT2D eigenvalue weighted by molar-refractivity contribution is 6.30. The Balaban J connectivity index is 1.83. The van der Waals surface area contributed by atoms with Gasteiger partial charge >= 0.3 is 0 Å². The van der Waals surface area contributed by atoms with Crippen molar-refractivity contribution in [3.63, 3.8) is 0 Å². The van der Waals surface area contributed by atoms with Gasteiger partial charge in [0.15, 0.2) is 5.96 Å². The molecule has 6 nitrogen and oxygen atoms in total. The third-order valence-electron chi connectivity index (χ3n) is 3.35. The van der Waals surface area contributed by atoms with Gasteiger partial charge in [-0.3, -0.25) is 4.99 Å². The lowest BCUT2D eigenvalue weighted by Gasteiger charge is -2.18. The van der Waals surface area contributed by atoms with Crippen molar-refractivity contribution in [2.24, 2.45) is 4.99 Å². The predicted octanol–water partition coefficient (Wildman–Crippen LogP) is 2.99. The molecule has 1 aromatic carbocycles. The van der Waals surface area contributed by atoms with Crippen LogP contribution in [-0.2, 0) is 0 Å². The van der Waals surface area contributed by atoms with Gasteiger partial charge in [0.25, 0.3) is 0 Å². The van der Waals surface area contributed by atoms with Gasteiger partial charge in [-0.05, 0) is 50.2 Å². The fourth-order valence-electron chi connectivity index (χ4n) is 2.12. The van der Waals surface area contributed by atoms with Crippen molar-refractivity contribution in [2.75, 3.05) is 19.6 Å². The number of guanidine groups is 1. The summed E-state index contributed by atoms with van der Waals surface area (Å²) >= 11 is 5.86. The molecular formula is C18H24ClN3O3. The van der Waals surface area contributed by atoms with Crippen LogP contribution in [0.3, 0.4) is 0 Å². The standard InChI is InChI=1S/C18H24ClN3O3/c1-3-20-18(22-12-16(23)17-5-4-10-24-17)21-11-13(2)25-15-8-6-14(19)7-9-15/h4-10,13,16,23H,3,11-12H2,1-2H3,(H2,20,21,22). The van der Waals surface area contributed by atoms with Crippen LogP contribution in [-0.4, -0.2) is 36.8 Å². The molecule has 0 spiro atoms. The number of nitrogens with zero attached hydrogens (tertiary/aromatic N) is 1. The molecule has 2 atom stereocenters. The molecule has 136 valence electrons. The SMILES string of the molecule is CCNC(=NCC(O)c1ccco1)NCC(C)Oc1ccc(Cl)cc1. The molecule has 3 N–H and O–H groups in total. The van der Waals surface area contributed by atoms with Crippen LogP contribution >= 0.6 is 11.6 Å². The third kappa shape index (κ3) is 6.68. The molecule has 0 saturated carbocycles. The van der Waals surface area contributed by atoms with E-state index in [2.05, 4.69) is 15.6 Å². The number of aliphatic hydroxyl groups excluding tert-OH is 1. The number of benzene rings is 1. The third-order valence-corrected chi connectivity index (χ3v) is 3.60. The fourth-order valence-corrected chi connectivity index (χ4v) is 2.24. The van der Waals surface area contributed by atoms with E-state index in [1.807, 2.05) is 26.0 Å². The van der Waals surface area contributed by atoms with Crippen molar-refractivity contribution in [1.29, 1.82) is 0 Å². The second-order valence-electron chi connectivity index (χ2n) is 5.51. The van der Waals surface area contributed by atoms with E-state index in [4.69, 9.17) is 20.8 Å². The highest BCUT2D eigenvalue weighted by Gasteiger charge is 2.11. The first-order valence-corrected chi connectivity index (χ1v) is 8.62. The van der Waals surface area contributed by atoms with Gasteiger partial charge in [0.05, 0.1) is 19.4 Å². The molecular weight excluding hydrogens is 342 g/mol. The number of ether oxygens (including phenoxy) is 1. The molecule has 2 rings (SSSR count). The van der Waals surface area contributed by atoms with Gasteiger partial charge in [0.1, 0.15) is 23.7 Å². The summed E-state index contributed by atoms with van der Waals surface area (Å²) < 4.78 is 11.0. The second kappa shape index (κ2) is 9.96. The second-order valence-corrected chi connectivity index (χ2v) is 5.95. The molecule has 0 amide bonds. The Hall–Kier alpha value is -2.18. The van der Waals surface area contributed by atoms with Crippen LogP contribution in [0.25, 0.3) is 0 Å². The van der Waals surface area contributed by atoms with Gasteiger partial charge in [-0.1, -0.05) is 11.6 Å². The summed E-state index contributed by atoms with van der Waals surface area (Å²) in [5.41, 5.74) is 0. The molecule has 2 aromatic rings. The zero-order valence-corrected chi connectivity index (χ0v) is 15.2. The average molecular weight is 366 g/mol. The zero-order valence-electron chi connectivity index (χ0n) is 14.4. The first-order valence-electron chi connectivity index (χ1n) is 8.24. The van der Waals surface area contributed by atoms with Gasteiger partial charge < -0.3 is 24.9 Å². The smallest absolute Gasteiger partial charge is 0.191 e. The van der Waals surface area contributed by atoms with Gasteiger partial charge in [0, 0.05) is 11.6 Å². The van der Waals surface area contributed by atoms with E-state index in [1.165, 1.54) is 6.26 Å². The largest absolute Gasteiger partial charge is 0.489 e. The van der Waals surface area contributed by atoms with Crippen molar-refractivity contribution < 1.29 is 14.3 Å². The topological polar surface area (TPSA) is 79.0 Å². The molecule has 0 bridgehead atoms. The molecule has 0 radical (unpaired) electrons. The molecule has 0 aliphatic heterocycles. The Labute approximate surface area is 152 Å². The molecule has 0 aliphatic rings. The summed E-state index contributed by atoms with van der Waals surface area (Å²) in [4.78, 5) is 4.37. The van der Waals surface area contributed by atoms with E-state index in [9.17, 15) is 5.11 Å². The van der Waals surface area contributed by atoms with Crippen LogP contribution in [0, 0.1) is 0 Å². The summed E-state index contributed by atoms with van der Waals surface area (Å²) in [6.07, 6.45) is 0.690. The number of hydrogen-bond acceptors (Lipinski definition) is 4. The summed E-state index contributed by atoms with van der Waals surface area (Å²) in [7, 11) is 0. The molecule has 7 heteroatoms. The molecule has 2 unspecified atom stereocenters. The minimum atomic E-state index is -0.770. The Morgan fingerprint density at radius 1 is 1.28 bits per heavy atom. The van der Waals surface area contributed by atoms with E-state index in [0.717, 1.165) is 12.3 Å². The summed E-state index contributed by atoms with van der Waals surface area (Å²) in [6, 6.07) is 10.7. The normalized spacial score (nSPS) is 14.0. The summed E-state index contributed by atoms with van der Waals surface area (Å²) in [5, 5.41) is 17.0. The Kier molecular flexibility index (Phi) is 7.63. The summed E-state index contributed by atoms with van der Waals surface area (Å²) in [6.45, 7) is 5.42. The van der Waals surface area contributed by atoms with Crippen molar-refractivity contribution >= 4 is 17.6 Å². The minimum absolute atomic E-state index is 0.0694. The number of hydrogen-bond donors (Lipinski definition) is 3. The van der Waals surface area contributed by atoms with Crippen LogP contribution in [0.1, 0.15) is 25.7 Å². The Morgan fingerprint density at radius 3 is 2.68 bits per heavy atom. The molecule has 0 saturated heterocycles. The lowest BCUT2D eigenvalue weighted by atomic mass is 10.3. The maximum Gasteiger partial charge on any atom is 0.191 e. The number of aliphatic imine (C=N–C) groups is 1. The van der Waals surface area contributed by atoms with Crippen molar-refractivity contribution in [2.45, 2.75) is 26.1 Å². The number of aliphatic hydroxyl groups is 1. The Bertz CT molecular complexity index is 644. The average Bonchev–Trinajstić information content (AvgIpc) is 3.14. The lowest BCUT2D eigenvalue weighted by molar-refractivity contribution is 0.158. The Morgan fingerprint density at radius 2 is 2.04 bits per heavy atom. The van der Waals surface area contributed by atoms with Crippen LogP contribution in [0.5, 0.6) is 5.75 Å². The summed E-state index contributed by atoms with van der Waals surface area (Å²) in [5.74, 6) is 1.87. The van der Waals surface area contributed by atoms with Crippen LogP contribution in [0.4, 0.5) is 0 Å². The van der Waals surface area contributed by atoms with Gasteiger partial charge in [-0.15, -0.1) is 0 Å². The van der Waals surface area contributed by atoms with Crippen LogP contribution < -0.4 is 15.4 Å². The molecule has 0 fully saturated rings. The van der Waals surface area contributed by atoms with Gasteiger partial charge in [-0.2, -0.15) is 0 Å². The molecule has 1 heterocycles. The van der Waals surface area contributed by atoms with Crippen LogP contribution in [0.2, 0.25) is 5.02 Å². The minimum Gasteiger partial charge on any atom is -0.489 e. The van der Waals surface area contributed by atoms with E-state index in [1.54, 1.807) is 24.3 Å². The zero-order chi connectivity index (χ0) is 18.1. The number of halogens is 1. The van der Waals surface area contributed by atoms with Crippen molar-refractivity contribution in [3.8, 4) is 5.75 Å². The van der Waals surface area contributed by atoms with Crippen molar-refractivity contribution in [1.82, 2.24) is 10.6 Å². The van der Waals surface area contributed by atoms with E-state index < -0.39 is 6.10 Å².